The zero-order chi connectivity index (χ0) is 13.8. The maximum atomic E-state index is 10.7. The van der Waals surface area contributed by atoms with Crippen molar-refractivity contribution >= 4 is 17.6 Å². The van der Waals surface area contributed by atoms with Crippen LogP contribution in [0.2, 0.25) is 5.02 Å². The van der Waals surface area contributed by atoms with Crippen molar-refractivity contribution in [1.82, 2.24) is 0 Å². The second kappa shape index (κ2) is 5.42. The number of ether oxygens (including phenoxy) is 1. The van der Waals surface area contributed by atoms with Gasteiger partial charge in [0.1, 0.15) is 17.6 Å². The van der Waals surface area contributed by atoms with Crippen LogP contribution in [0, 0.1) is 11.3 Å². The predicted molar refractivity (Wildman–Crippen MR) is 69.6 cm³/mol. The Hall–Kier alpha value is -2.51. The lowest BCUT2D eigenvalue weighted by molar-refractivity contribution is 0.0697. The van der Waals surface area contributed by atoms with Gasteiger partial charge in [0, 0.05) is 6.07 Å². The van der Waals surface area contributed by atoms with Gasteiger partial charge in [-0.25, -0.2) is 4.79 Å². The van der Waals surface area contributed by atoms with E-state index < -0.39 is 5.97 Å². The van der Waals surface area contributed by atoms with E-state index in [9.17, 15) is 4.79 Å². The first-order valence-electron chi connectivity index (χ1n) is 5.31. The summed E-state index contributed by atoms with van der Waals surface area (Å²) in [6.07, 6.45) is 0. The number of aromatic carboxylic acids is 1. The zero-order valence-electron chi connectivity index (χ0n) is 9.63. The van der Waals surface area contributed by atoms with Crippen LogP contribution in [0.3, 0.4) is 0 Å². The number of rotatable bonds is 3. The van der Waals surface area contributed by atoms with Crippen LogP contribution in [-0.4, -0.2) is 11.1 Å². The Kier molecular flexibility index (Phi) is 3.69. The highest BCUT2D eigenvalue weighted by Crippen LogP contribution is 2.26. The molecular formula is C14H8ClNO3. The molecule has 2 rings (SSSR count). The highest BCUT2D eigenvalue weighted by Gasteiger charge is 2.05. The third-order valence-corrected chi connectivity index (χ3v) is 2.71. The molecule has 2 aromatic rings. The smallest absolute Gasteiger partial charge is 0.335 e. The number of hydrogen-bond acceptors (Lipinski definition) is 3. The van der Waals surface area contributed by atoms with E-state index in [1.165, 1.54) is 18.2 Å². The first kappa shape index (κ1) is 12.9. The molecule has 0 atom stereocenters. The van der Waals surface area contributed by atoms with E-state index in [-0.39, 0.29) is 5.56 Å². The van der Waals surface area contributed by atoms with E-state index in [0.29, 0.717) is 22.1 Å². The molecule has 0 heterocycles. The summed E-state index contributed by atoms with van der Waals surface area (Å²) in [5.41, 5.74) is 0.556. The third-order valence-electron chi connectivity index (χ3n) is 2.40. The van der Waals surface area contributed by atoms with Gasteiger partial charge < -0.3 is 9.84 Å². The van der Waals surface area contributed by atoms with Gasteiger partial charge in [-0.15, -0.1) is 0 Å². The maximum Gasteiger partial charge on any atom is 0.335 e. The molecule has 94 valence electrons. The van der Waals surface area contributed by atoms with E-state index in [4.69, 9.17) is 26.7 Å². The van der Waals surface area contributed by atoms with E-state index in [1.54, 1.807) is 24.3 Å². The molecule has 4 nitrogen and oxygen atoms in total. The molecular weight excluding hydrogens is 266 g/mol. The molecule has 0 aromatic heterocycles. The summed E-state index contributed by atoms with van der Waals surface area (Å²) in [4.78, 5) is 10.7. The summed E-state index contributed by atoms with van der Waals surface area (Å²) >= 11 is 5.88. The van der Waals surface area contributed by atoms with Gasteiger partial charge in [-0.2, -0.15) is 5.26 Å². The first-order chi connectivity index (χ1) is 9.10. The van der Waals surface area contributed by atoms with Crippen molar-refractivity contribution < 1.29 is 14.6 Å². The SMILES string of the molecule is N#Cc1ccc(Oc2ccc(C(=O)O)cc2)cc1Cl. The van der Waals surface area contributed by atoms with Gasteiger partial charge in [0.15, 0.2) is 0 Å². The molecule has 0 spiro atoms. The van der Waals surface area contributed by atoms with E-state index in [2.05, 4.69) is 0 Å². The predicted octanol–water partition coefficient (Wildman–Crippen LogP) is 3.70. The molecule has 0 aliphatic rings. The Bertz CT molecular complexity index is 659. The molecule has 0 unspecified atom stereocenters. The third kappa shape index (κ3) is 3.03. The van der Waals surface area contributed by atoms with Crippen LogP contribution in [-0.2, 0) is 0 Å². The monoisotopic (exact) mass is 273 g/mol. The van der Waals surface area contributed by atoms with Crippen molar-refractivity contribution in [3.05, 3.63) is 58.6 Å². The lowest BCUT2D eigenvalue weighted by Gasteiger charge is -2.06. The Morgan fingerprint density at radius 1 is 1.16 bits per heavy atom. The molecule has 1 N–H and O–H groups in total. The van der Waals surface area contributed by atoms with Crippen molar-refractivity contribution in [2.75, 3.05) is 0 Å². The fourth-order valence-corrected chi connectivity index (χ4v) is 1.66. The summed E-state index contributed by atoms with van der Waals surface area (Å²) in [7, 11) is 0. The molecule has 0 bridgehead atoms. The summed E-state index contributed by atoms with van der Waals surface area (Å²) in [5.74, 6) is -0.0224. The molecule has 0 saturated heterocycles. The number of carboxylic acid groups (broad SMARTS) is 1. The number of carboxylic acids is 1. The zero-order valence-corrected chi connectivity index (χ0v) is 10.4. The fraction of sp³-hybridized carbons (Fsp3) is 0. The molecule has 19 heavy (non-hydrogen) atoms. The molecule has 2 aromatic carbocycles. The lowest BCUT2D eigenvalue weighted by atomic mass is 10.2. The highest BCUT2D eigenvalue weighted by atomic mass is 35.5. The number of nitrogens with zero attached hydrogens (tertiary/aromatic N) is 1. The normalized spacial score (nSPS) is 9.68. The van der Waals surface area contributed by atoms with Crippen molar-refractivity contribution in [2.24, 2.45) is 0 Å². The summed E-state index contributed by atoms with van der Waals surface area (Å²) in [5, 5.41) is 17.8. The van der Waals surface area contributed by atoms with Crippen LogP contribution in [0.5, 0.6) is 11.5 Å². The maximum absolute atomic E-state index is 10.7. The number of benzene rings is 2. The minimum atomic E-state index is -0.993. The fourth-order valence-electron chi connectivity index (χ4n) is 1.45. The van der Waals surface area contributed by atoms with Crippen molar-refractivity contribution in [1.29, 1.82) is 5.26 Å². The Labute approximate surface area is 114 Å². The van der Waals surface area contributed by atoms with Gasteiger partial charge in [0.2, 0.25) is 0 Å². The standard InChI is InChI=1S/C14H8ClNO3/c15-13-7-12(6-3-10(13)8-16)19-11-4-1-9(2-5-11)14(17)18/h1-7H,(H,17,18). The Balaban J connectivity index is 2.19. The molecule has 0 aliphatic heterocycles. The number of carbonyl (C=O) groups is 1. The molecule has 0 aliphatic carbocycles. The van der Waals surface area contributed by atoms with E-state index >= 15 is 0 Å². The first-order valence-corrected chi connectivity index (χ1v) is 5.69. The van der Waals surface area contributed by atoms with Crippen molar-refractivity contribution in [2.45, 2.75) is 0 Å². The van der Waals surface area contributed by atoms with E-state index in [1.807, 2.05) is 6.07 Å². The Morgan fingerprint density at radius 3 is 2.32 bits per heavy atom. The van der Waals surface area contributed by atoms with Gasteiger partial charge in [-0.3, -0.25) is 0 Å². The molecule has 0 saturated carbocycles. The second-order valence-corrected chi connectivity index (χ2v) is 4.09. The molecule has 0 radical (unpaired) electrons. The van der Waals surface area contributed by atoms with Crippen molar-refractivity contribution in [3.63, 3.8) is 0 Å². The lowest BCUT2D eigenvalue weighted by Crippen LogP contribution is -1.95. The largest absolute Gasteiger partial charge is 0.478 e. The minimum absolute atomic E-state index is 0.185. The van der Waals surface area contributed by atoms with Gasteiger partial charge in [0.05, 0.1) is 16.1 Å². The van der Waals surface area contributed by atoms with Crippen LogP contribution in [0.15, 0.2) is 42.5 Å². The van der Waals surface area contributed by atoms with Gasteiger partial charge >= 0.3 is 5.97 Å². The van der Waals surface area contributed by atoms with Crippen LogP contribution >= 0.6 is 11.6 Å². The quantitative estimate of drug-likeness (QED) is 0.925. The average Bonchev–Trinajstić information content (AvgIpc) is 2.39. The van der Waals surface area contributed by atoms with Gasteiger partial charge in [-0.05, 0) is 36.4 Å². The summed E-state index contributed by atoms with van der Waals surface area (Å²) in [6.45, 7) is 0. The summed E-state index contributed by atoms with van der Waals surface area (Å²) < 4.78 is 5.51. The van der Waals surface area contributed by atoms with Crippen LogP contribution in [0.25, 0.3) is 0 Å². The van der Waals surface area contributed by atoms with Gasteiger partial charge in [0.25, 0.3) is 0 Å². The second-order valence-electron chi connectivity index (χ2n) is 3.69. The number of nitriles is 1. The van der Waals surface area contributed by atoms with Gasteiger partial charge in [-0.1, -0.05) is 11.6 Å². The van der Waals surface area contributed by atoms with Crippen LogP contribution in [0.1, 0.15) is 15.9 Å². The molecule has 0 fully saturated rings. The van der Waals surface area contributed by atoms with Crippen LogP contribution in [0.4, 0.5) is 0 Å². The van der Waals surface area contributed by atoms with E-state index in [0.717, 1.165) is 0 Å². The molecule has 0 amide bonds. The molecule has 5 heteroatoms. The van der Waals surface area contributed by atoms with Crippen molar-refractivity contribution in [3.8, 4) is 17.6 Å². The average molecular weight is 274 g/mol. The highest BCUT2D eigenvalue weighted by molar-refractivity contribution is 6.31. The number of halogens is 1. The Morgan fingerprint density at radius 2 is 1.79 bits per heavy atom. The number of hydrogen-bond donors (Lipinski definition) is 1. The summed E-state index contributed by atoms with van der Waals surface area (Å²) in [6, 6.07) is 12.7. The topological polar surface area (TPSA) is 70.3 Å². The van der Waals surface area contributed by atoms with Crippen LogP contribution < -0.4 is 4.74 Å². The minimum Gasteiger partial charge on any atom is -0.478 e.